The first kappa shape index (κ1) is 25.1. The molecule has 1 fully saturated rings. The van der Waals surface area contributed by atoms with E-state index in [1.54, 1.807) is 0 Å². The van der Waals surface area contributed by atoms with E-state index in [-0.39, 0.29) is 17.2 Å². The Kier molecular flexibility index (Phi) is 8.59. The molecule has 10 heteroatoms. The van der Waals surface area contributed by atoms with E-state index in [0.717, 1.165) is 6.42 Å². The number of aliphatic hydroxyl groups excluding tert-OH is 1. The Hall–Kier alpha value is -3.14. The average molecular weight is 450 g/mol. The van der Waals surface area contributed by atoms with Crippen LogP contribution in [0.2, 0.25) is 0 Å². The van der Waals surface area contributed by atoms with Gasteiger partial charge in [0.05, 0.1) is 17.2 Å². The molecule has 1 aliphatic heterocycles. The van der Waals surface area contributed by atoms with Crippen molar-refractivity contribution in [3.8, 4) is 5.75 Å². The summed E-state index contributed by atoms with van der Waals surface area (Å²) in [5.41, 5.74) is -0.195. The van der Waals surface area contributed by atoms with Gasteiger partial charge in [0, 0.05) is 0 Å². The fourth-order valence-electron chi connectivity index (χ4n) is 3.46. The number of aromatic hydroxyl groups is 1. The lowest BCUT2D eigenvalue weighted by Crippen LogP contribution is -2.50. The largest absolute Gasteiger partial charge is 0.505 e. The van der Waals surface area contributed by atoms with Gasteiger partial charge < -0.3 is 30.3 Å². The predicted molar refractivity (Wildman–Crippen MR) is 114 cm³/mol. The molecule has 6 atom stereocenters. The Morgan fingerprint density at radius 1 is 1.19 bits per heavy atom. The molecule has 32 heavy (non-hydrogen) atoms. The molecule has 1 aromatic rings. The molecule has 2 amide bonds. The molecule has 1 aliphatic rings. The van der Waals surface area contributed by atoms with Crippen molar-refractivity contribution < 1.29 is 38.9 Å². The van der Waals surface area contributed by atoms with E-state index in [1.165, 1.54) is 32.0 Å². The van der Waals surface area contributed by atoms with Crippen molar-refractivity contribution in [2.45, 2.75) is 64.9 Å². The van der Waals surface area contributed by atoms with Crippen LogP contribution in [0.4, 0.5) is 5.69 Å². The fraction of sp³-hybridized carbons (Fsp3) is 0.545. The summed E-state index contributed by atoms with van der Waals surface area (Å²) in [5, 5.41) is 25.5. The molecule has 0 unspecified atom stereocenters. The van der Waals surface area contributed by atoms with Crippen LogP contribution in [0.3, 0.4) is 0 Å². The minimum Gasteiger partial charge on any atom is -0.505 e. The van der Waals surface area contributed by atoms with E-state index in [2.05, 4.69) is 10.6 Å². The molecule has 1 saturated heterocycles. The topological polar surface area (TPSA) is 151 Å². The normalized spacial score (nSPS) is 27.1. The molecule has 176 valence electrons. The summed E-state index contributed by atoms with van der Waals surface area (Å²) in [4.78, 5) is 48.9. The quantitative estimate of drug-likeness (QED) is 0.276. The maximum Gasteiger partial charge on any atom is 0.332 e. The van der Waals surface area contributed by atoms with Crippen molar-refractivity contribution in [2.75, 3.05) is 5.32 Å². The van der Waals surface area contributed by atoms with Crippen LogP contribution in [0.25, 0.3) is 0 Å². The van der Waals surface area contributed by atoms with Crippen molar-refractivity contribution in [1.82, 2.24) is 5.32 Å². The van der Waals surface area contributed by atoms with Gasteiger partial charge in [0.25, 0.3) is 5.91 Å². The monoisotopic (exact) mass is 450 g/mol. The molecule has 1 aromatic carbocycles. The van der Waals surface area contributed by atoms with Crippen molar-refractivity contribution in [1.29, 1.82) is 0 Å². The van der Waals surface area contributed by atoms with Crippen LogP contribution in [0, 0.1) is 11.8 Å². The van der Waals surface area contributed by atoms with E-state index in [4.69, 9.17) is 9.47 Å². The first-order valence-electron chi connectivity index (χ1n) is 10.5. The minimum absolute atomic E-state index is 0.00815. The molecule has 4 N–H and O–H groups in total. The van der Waals surface area contributed by atoms with Gasteiger partial charge in [0.2, 0.25) is 6.41 Å². The SMILES string of the molecule is CC[C@H](C)C[C@@H]1C(=O)O[C@@H](C)[C@H](NC(=O)c2cccc(NC=O)c2O)C(=O)O[C@@H](C)[C@H]1O. The number of ether oxygens (including phenoxy) is 2. The number of carbonyl (C=O) groups excluding carboxylic acids is 4. The third-order valence-electron chi connectivity index (χ3n) is 5.66. The lowest BCUT2D eigenvalue weighted by atomic mass is 9.88. The van der Waals surface area contributed by atoms with Gasteiger partial charge >= 0.3 is 11.9 Å². The number of carbonyl (C=O) groups is 4. The first-order valence-corrected chi connectivity index (χ1v) is 10.5. The summed E-state index contributed by atoms with van der Waals surface area (Å²) in [6, 6.07) is 2.74. The van der Waals surface area contributed by atoms with E-state index in [1.807, 2.05) is 13.8 Å². The van der Waals surface area contributed by atoms with Gasteiger partial charge in [-0.2, -0.15) is 0 Å². The number of rotatable bonds is 7. The molecule has 0 spiro atoms. The minimum atomic E-state index is -1.38. The fourth-order valence-corrected chi connectivity index (χ4v) is 3.46. The molecule has 0 saturated carbocycles. The number of phenols is 1. The van der Waals surface area contributed by atoms with Gasteiger partial charge in [-0.15, -0.1) is 0 Å². The zero-order valence-electron chi connectivity index (χ0n) is 18.5. The van der Waals surface area contributed by atoms with E-state index < -0.39 is 53.9 Å². The molecular weight excluding hydrogens is 420 g/mol. The number of hydrogen-bond acceptors (Lipinski definition) is 8. The number of anilines is 1. The summed E-state index contributed by atoms with van der Waals surface area (Å²) in [6.45, 7) is 6.80. The van der Waals surface area contributed by atoms with Gasteiger partial charge in [0.15, 0.2) is 11.8 Å². The highest BCUT2D eigenvalue weighted by molar-refractivity contribution is 6.01. The second-order valence-corrected chi connectivity index (χ2v) is 8.05. The molecule has 0 radical (unpaired) electrons. The summed E-state index contributed by atoms with van der Waals surface area (Å²) in [6.07, 6.45) is -1.89. The van der Waals surface area contributed by atoms with E-state index in [9.17, 15) is 29.4 Å². The lowest BCUT2D eigenvalue weighted by molar-refractivity contribution is -0.160. The molecule has 0 aromatic heterocycles. The summed E-state index contributed by atoms with van der Waals surface area (Å²) < 4.78 is 10.8. The standard InChI is InChI=1S/C22H30N2O8/c1-5-11(2)9-15-18(26)13(4)32-22(30)17(12(3)31-21(15)29)24-20(28)14-7-6-8-16(19(14)27)23-10-25/h6-8,10-13,15,17-18,26-27H,5,9H2,1-4H3,(H,23,25)(H,24,28)/t11-,12-,13-,15-,17-,18+/m0/s1. The van der Waals surface area contributed by atoms with E-state index >= 15 is 0 Å². The van der Waals surface area contributed by atoms with E-state index in [0.29, 0.717) is 12.8 Å². The molecule has 1 heterocycles. The maximum atomic E-state index is 12.8. The van der Waals surface area contributed by atoms with Crippen LogP contribution in [0.5, 0.6) is 5.75 Å². The average Bonchev–Trinajstić information content (AvgIpc) is 2.77. The van der Waals surface area contributed by atoms with Crippen LogP contribution in [0.1, 0.15) is 50.9 Å². The number of para-hydroxylation sites is 1. The third kappa shape index (κ3) is 5.76. The number of nitrogens with one attached hydrogen (secondary N) is 2. The number of aliphatic hydroxyl groups is 1. The Balaban J connectivity index is 2.28. The highest BCUT2D eigenvalue weighted by Crippen LogP contribution is 2.28. The Bertz CT molecular complexity index is 858. The Morgan fingerprint density at radius 2 is 1.84 bits per heavy atom. The number of hydrogen-bond donors (Lipinski definition) is 4. The van der Waals surface area contributed by atoms with Crippen molar-refractivity contribution >= 4 is 29.9 Å². The van der Waals surface area contributed by atoms with Crippen LogP contribution in [-0.2, 0) is 23.9 Å². The smallest absolute Gasteiger partial charge is 0.332 e. The molecule has 0 bridgehead atoms. The van der Waals surface area contributed by atoms with Crippen molar-refractivity contribution in [3.63, 3.8) is 0 Å². The van der Waals surface area contributed by atoms with Gasteiger partial charge in [-0.05, 0) is 38.3 Å². The van der Waals surface area contributed by atoms with Gasteiger partial charge in [-0.25, -0.2) is 4.79 Å². The van der Waals surface area contributed by atoms with Crippen LogP contribution in [-0.4, -0.2) is 58.8 Å². The van der Waals surface area contributed by atoms with Gasteiger partial charge in [0.1, 0.15) is 18.3 Å². The zero-order chi connectivity index (χ0) is 24.0. The highest BCUT2D eigenvalue weighted by atomic mass is 16.6. The lowest BCUT2D eigenvalue weighted by Gasteiger charge is -2.26. The van der Waals surface area contributed by atoms with Crippen molar-refractivity contribution in [2.24, 2.45) is 11.8 Å². The summed E-state index contributed by atoms with van der Waals surface area (Å²) >= 11 is 0. The number of cyclic esters (lactones) is 2. The first-order chi connectivity index (χ1) is 15.1. The Labute approximate surface area is 186 Å². The summed E-state index contributed by atoms with van der Waals surface area (Å²) in [5.74, 6) is -3.67. The van der Waals surface area contributed by atoms with Gasteiger partial charge in [-0.1, -0.05) is 26.3 Å². The highest BCUT2D eigenvalue weighted by Gasteiger charge is 2.41. The van der Waals surface area contributed by atoms with Crippen LogP contribution < -0.4 is 10.6 Å². The summed E-state index contributed by atoms with van der Waals surface area (Å²) in [7, 11) is 0. The van der Waals surface area contributed by atoms with Crippen LogP contribution in [0.15, 0.2) is 18.2 Å². The maximum absolute atomic E-state index is 12.8. The number of benzene rings is 1. The van der Waals surface area contributed by atoms with Gasteiger partial charge in [-0.3, -0.25) is 14.4 Å². The second-order valence-electron chi connectivity index (χ2n) is 8.05. The second kappa shape index (κ2) is 10.9. The third-order valence-corrected chi connectivity index (χ3v) is 5.66. The molecule has 0 aliphatic carbocycles. The number of amides is 2. The molecule has 2 rings (SSSR count). The number of phenolic OH excluding ortho intramolecular Hbond substituents is 1. The zero-order valence-corrected chi connectivity index (χ0v) is 18.5. The predicted octanol–water partition coefficient (Wildman–Crippen LogP) is 1.35. The molecule has 10 nitrogen and oxygen atoms in total. The number of esters is 2. The molecular formula is C22H30N2O8. The van der Waals surface area contributed by atoms with Crippen LogP contribution >= 0.6 is 0 Å². The van der Waals surface area contributed by atoms with Crippen molar-refractivity contribution in [3.05, 3.63) is 23.8 Å². The Morgan fingerprint density at radius 3 is 2.47 bits per heavy atom.